The molecule has 1 aliphatic heterocycles. The van der Waals surface area contributed by atoms with Crippen molar-refractivity contribution in [3.05, 3.63) is 54.6 Å². The van der Waals surface area contributed by atoms with Gasteiger partial charge >= 0.3 is 5.97 Å². The number of nitrogens with one attached hydrogen (secondary N) is 1. The third kappa shape index (κ3) is 4.45. The fourth-order valence-corrected chi connectivity index (χ4v) is 3.22. The van der Waals surface area contributed by atoms with Crippen molar-refractivity contribution in [2.45, 2.75) is 25.3 Å². The average Bonchev–Trinajstić information content (AvgIpc) is 2.63. The molecule has 0 saturated carbocycles. The van der Waals surface area contributed by atoms with Crippen molar-refractivity contribution in [1.82, 2.24) is 4.90 Å². The quantitative estimate of drug-likeness (QED) is 0.878. The molecule has 1 amide bonds. The first-order chi connectivity index (χ1) is 12.1. The molecule has 2 N–H and O–H groups in total. The SMILES string of the molecule is O=C(CN1CCCCC1C(=O)O)Nc1ccc(-c2ccccc2)cc1. The molecule has 1 heterocycles. The van der Waals surface area contributed by atoms with E-state index in [-0.39, 0.29) is 12.5 Å². The summed E-state index contributed by atoms with van der Waals surface area (Å²) in [7, 11) is 0. The lowest BCUT2D eigenvalue weighted by molar-refractivity contribution is -0.145. The van der Waals surface area contributed by atoms with E-state index in [1.165, 1.54) is 0 Å². The molecule has 1 saturated heterocycles. The Hall–Kier alpha value is -2.66. The number of rotatable bonds is 5. The fourth-order valence-electron chi connectivity index (χ4n) is 3.22. The van der Waals surface area contributed by atoms with Gasteiger partial charge in [0, 0.05) is 5.69 Å². The number of amides is 1. The molecule has 1 atom stereocenters. The van der Waals surface area contributed by atoms with Crippen molar-refractivity contribution in [2.24, 2.45) is 0 Å². The molecule has 2 aromatic carbocycles. The van der Waals surface area contributed by atoms with Crippen molar-refractivity contribution >= 4 is 17.6 Å². The molecule has 0 bridgehead atoms. The van der Waals surface area contributed by atoms with E-state index in [1.54, 1.807) is 4.90 Å². The zero-order valence-electron chi connectivity index (χ0n) is 14.0. The summed E-state index contributed by atoms with van der Waals surface area (Å²) in [6, 6.07) is 17.1. The Morgan fingerprint density at radius 3 is 2.36 bits per heavy atom. The van der Waals surface area contributed by atoms with Gasteiger partial charge in [-0.1, -0.05) is 48.9 Å². The minimum atomic E-state index is -0.847. The molecule has 1 aliphatic rings. The Balaban J connectivity index is 1.60. The summed E-state index contributed by atoms with van der Waals surface area (Å²) < 4.78 is 0. The third-order valence-corrected chi connectivity index (χ3v) is 4.52. The van der Waals surface area contributed by atoms with Gasteiger partial charge in [-0.25, -0.2) is 0 Å². The highest BCUT2D eigenvalue weighted by molar-refractivity contribution is 5.93. The number of aliphatic carboxylic acids is 1. The van der Waals surface area contributed by atoms with E-state index >= 15 is 0 Å². The van der Waals surface area contributed by atoms with Crippen LogP contribution in [0.15, 0.2) is 54.6 Å². The molecule has 1 unspecified atom stereocenters. The van der Waals surface area contributed by atoms with Gasteiger partial charge in [0.2, 0.25) is 5.91 Å². The van der Waals surface area contributed by atoms with Gasteiger partial charge in [0.1, 0.15) is 6.04 Å². The lowest BCUT2D eigenvalue weighted by Crippen LogP contribution is -2.47. The zero-order valence-corrected chi connectivity index (χ0v) is 14.0. The Morgan fingerprint density at radius 2 is 1.68 bits per heavy atom. The third-order valence-electron chi connectivity index (χ3n) is 4.52. The van der Waals surface area contributed by atoms with Gasteiger partial charge in [-0.2, -0.15) is 0 Å². The smallest absolute Gasteiger partial charge is 0.320 e. The summed E-state index contributed by atoms with van der Waals surface area (Å²) in [5.74, 6) is -1.03. The van der Waals surface area contributed by atoms with E-state index in [0.717, 1.165) is 24.0 Å². The first-order valence-corrected chi connectivity index (χ1v) is 8.56. The van der Waals surface area contributed by atoms with E-state index < -0.39 is 12.0 Å². The van der Waals surface area contributed by atoms with E-state index in [2.05, 4.69) is 5.32 Å². The molecular weight excluding hydrogens is 316 g/mol. The highest BCUT2D eigenvalue weighted by atomic mass is 16.4. The van der Waals surface area contributed by atoms with Gasteiger partial charge in [0.25, 0.3) is 0 Å². The van der Waals surface area contributed by atoms with E-state index in [1.807, 2.05) is 54.6 Å². The summed E-state index contributed by atoms with van der Waals surface area (Å²) >= 11 is 0. The largest absolute Gasteiger partial charge is 0.480 e. The number of piperidine rings is 1. The summed E-state index contributed by atoms with van der Waals surface area (Å²) in [6.07, 6.45) is 2.44. The Kier molecular flexibility index (Phi) is 5.46. The standard InChI is InChI=1S/C20H22N2O3/c23-19(14-22-13-5-4-8-18(22)20(24)25)21-17-11-9-16(10-12-17)15-6-2-1-3-7-15/h1-3,6-7,9-12,18H,4-5,8,13-14H2,(H,21,23)(H,24,25). The maximum atomic E-state index is 12.3. The molecule has 0 aromatic heterocycles. The number of carboxylic acid groups (broad SMARTS) is 1. The molecule has 130 valence electrons. The van der Waals surface area contributed by atoms with Crippen molar-refractivity contribution in [3.63, 3.8) is 0 Å². The number of carboxylic acids is 1. The van der Waals surface area contributed by atoms with E-state index in [9.17, 15) is 14.7 Å². The number of anilines is 1. The number of carbonyl (C=O) groups excluding carboxylic acids is 1. The van der Waals surface area contributed by atoms with Crippen LogP contribution in [-0.2, 0) is 9.59 Å². The van der Waals surface area contributed by atoms with Crippen molar-refractivity contribution in [3.8, 4) is 11.1 Å². The molecule has 5 heteroatoms. The lowest BCUT2D eigenvalue weighted by atomic mass is 10.0. The number of hydrogen-bond acceptors (Lipinski definition) is 3. The molecule has 1 fully saturated rings. The summed E-state index contributed by atoms with van der Waals surface area (Å²) in [4.78, 5) is 25.3. The highest BCUT2D eigenvalue weighted by Crippen LogP contribution is 2.21. The van der Waals surface area contributed by atoms with Crippen LogP contribution in [-0.4, -0.2) is 41.0 Å². The molecule has 2 aromatic rings. The Labute approximate surface area is 147 Å². The summed E-state index contributed by atoms with van der Waals surface area (Å²) in [5, 5.41) is 12.1. The van der Waals surface area contributed by atoms with Crippen LogP contribution in [0, 0.1) is 0 Å². The lowest BCUT2D eigenvalue weighted by Gasteiger charge is -2.32. The predicted molar refractivity (Wildman–Crippen MR) is 97.4 cm³/mol. The van der Waals surface area contributed by atoms with Gasteiger partial charge < -0.3 is 10.4 Å². The van der Waals surface area contributed by atoms with Crippen molar-refractivity contribution < 1.29 is 14.7 Å². The van der Waals surface area contributed by atoms with Crippen LogP contribution in [0.5, 0.6) is 0 Å². The zero-order chi connectivity index (χ0) is 17.6. The first kappa shape index (κ1) is 17.2. The average molecular weight is 338 g/mol. The molecule has 0 aliphatic carbocycles. The van der Waals surface area contributed by atoms with Crippen LogP contribution in [0.2, 0.25) is 0 Å². The number of nitrogens with zero attached hydrogens (tertiary/aromatic N) is 1. The van der Waals surface area contributed by atoms with Gasteiger partial charge in [0.15, 0.2) is 0 Å². The van der Waals surface area contributed by atoms with E-state index in [0.29, 0.717) is 18.7 Å². The molecule has 0 spiro atoms. The second-order valence-electron chi connectivity index (χ2n) is 6.31. The number of likely N-dealkylation sites (tertiary alicyclic amines) is 1. The Morgan fingerprint density at radius 1 is 1.00 bits per heavy atom. The molecule has 5 nitrogen and oxygen atoms in total. The minimum Gasteiger partial charge on any atom is -0.480 e. The molecule has 25 heavy (non-hydrogen) atoms. The van der Waals surface area contributed by atoms with Crippen molar-refractivity contribution in [1.29, 1.82) is 0 Å². The van der Waals surface area contributed by atoms with E-state index in [4.69, 9.17) is 0 Å². The Bertz CT molecular complexity index is 728. The van der Waals surface area contributed by atoms with Gasteiger partial charge in [-0.05, 0) is 42.6 Å². The van der Waals surface area contributed by atoms with Gasteiger partial charge in [-0.15, -0.1) is 0 Å². The second kappa shape index (κ2) is 7.94. The highest BCUT2D eigenvalue weighted by Gasteiger charge is 2.29. The number of benzene rings is 2. The predicted octanol–water partition coefficient (Wildman–Crippen LogP) is 3.23. The van der Waals surface area contributed by atoms with Crippen LogP contribution in [0.1, 0.15) is 19.3 Å². The second-order valence-corrected chi connectivity index (χ2v) is 6.31. The van der Waals surface area contributed by atoms with Gasteiger partial charge in [0.05, 0.1) is 6.54 Å². The monoisotopic (exact) mass is 338 g/mol. The summed E-state index contributed by atoms with van der Waals surface area (Å²) in [6.45, 7) is 0.759. The summed E-state index contributed by atoms with van der Waals surface area (Å²) in [5.41, 5.74) is 2.92. The van der Waals surface area contributed by atoms with Crippen LogP contribution in [0.3, 0.4) is 0 Å². The van der Waals surface area contributed by atoms with Crippen LogP contribution in [0.4, 0.5) is 5.69 Å². The molecular formula is C20H22N2O3. The topological polar surface area (TPSA) is 69.6 Å². The van der Waals surface area contributed by atoms with Gasteiger partial charge in [-0.3, -0.25) is 14.5 Å². The first-order valence-electron chi connectivity index (χ1n) is 8.56. The molecule has 3 rings (SSSR count). The fraction of sp³-hybridized carbons (Fsp3) is 0.300. The normalized spacial score (nSPS) is 17.8. The van der Waals surface area contributed by atoms with Crippen molar-refractivity contribution in [2.75, 3.05) is 18.4 Å². The maximum Gasteiger partial charge on any atom is 0.320 e. The minimum absolute atomic E-state index is 0.109. The number of carbonyl (C=O) groups is 2. The van der Waals surface area contributed by atoms with Crippen LogP contribution in [0.25, 0.3) is 11.1 Å². The van der Waals surface area contributed by atoms with Crippen LogP contribution < -0.4 is 5.32 Å². The maximum absolute atomic E-state index is 12.3. The number of hydrogen-bond donors (Lipinski definition) is 2. The molecule has 0 radical (unpaired) electrons. The van der Waals surface area contributed by atoms with Crippen LogP contribution >= 0.6 is 0 Å².